The standard InChI is InChI=1S/C18H20ClN3S/c1-13-15(19)7-4-8-16(13)21-18(23)22-11-3-2-9-17(22)14-6-5-10-20-12-14/h4-8,10,12,17H,2-3,9,11H2,1H3,(H,21,23)/t17-/m0/s1. The molecule has 5 heteroatoms. The summed E-state index contributed by atoms with van der Waals surface area (Å²) in [6.07, 6.45) is 7.23. The van der Waals surface area contributed by atoms with Gasteiger partial charge < -0.3 is 10.2 Å². The van der Waals surface area contributed by atoms with Gasteiger partial charge in [-0.2, -0.15) is 0 Å². The maximum absolute atomic E-state index is 6.20. The van der Waals surface area contributed by atoms with Crippen LogP contribution in [0.3, 0.4) is 0 Å². The van der Waals surface area contributed by atoms with Crippen molar-refractivity contribution in [3.05, 3.63) is 58.9 Å². The molecule has 3 rings (SSSR count). The van der Waals surface area contributed by atoms with E-state index >= 15 is 0 Å². The lowest BCUT2D eigenvalue weighted by atomic mass is 9.97. The summed E-state index contributed by atoms with van der Waals surface area (Å²) in [6, 6.07) is 10.2. The average Bonchev–Trinajstić information content (AvgIpc) is 2.60. The Labute approximate surface area is 147 Å². The molecule has 1 fully saturated rings. The Hall–Kier alpha value is -1.65. The Balaban J connectivity index is 1.80. The monoisotopic (exact) mass is 345 g/mol. The van der Waals surface area contributed by atoms with E-state index in [1.807, 2.05) is 43.6 Å². The van der Waals surface area contributed by atoms with Crippen LogP contribution < -0.4 is 5.32 Å². The predicted octanol–water partition coefficient (Wildman–Crippen LogP) is 4.97. The van der Waals surface area contributed by atoms with Gasteiger partial charge >= 0.3 is 0 Å². The molecular formula is C18H20ClN3S. The van der Waals surface area contributed by atoms with Crippen molar-refractivity contribution in [2.75, 3.05) is 11.9 Å². The van der Waals surface area contributed by atoms with Crippen molar-refractivity contribution in [2.24, 2.45) is 0 Å². The SMILES string of the molecule is Cc1c(Cl)cccc1NC(=S)N1CCCC[C@H]1c1cccnc1. The number of pyridine rings is 1. The zero-order valence-electron chi connectivity index (χ0n) is 13.1. The van der Waals surface area contributed by atoms with E-state index in [9.17, 15) is 0 Å². The third kappa shape index (κ3) is 3.65. The van der Waals surface area contributed by atoms with Crippen molar-refractivity contribution < 1.29 is 0 Å². The Morgan fingerprint density at radius 3 is 2.96 bits per heavy atom. The van der Waals surface area contributed by atoms with E-state index in [0.29, 0.717) is 0 Å². The van der Waals surface area contributed by atoms with E-state index in [4.69, 9.17) is 23.8 Å². The molecule has 2 heterocycles. The molecule has 0 bridgehead atoms. The van der Waals surface area contributed by atoms with Gasteiger partial charge in [0.1, 0.15) is 0 Å². The summed E-state index contributed by atoms with van der Waals surface area (Å²) >= 11 is 11.9. The quantitative estimate of drug-likeness (QED) is 0.778. The van der Waals surface area contributed by atoms with Crippen LogP contribution in [-0.2, 0) is 0 Å². The molecule has 23 heavy (non-hydrogen) atoms. The molecule has 0 aliphatic carbocycles. The molecule has 1 saturated heterocycles. The second-order valence-corrected chi connectivity index (χ2v) is 6.63. The number of rotatable bonds is 2. The van der Waals surface area contributed by atoms with Gasteiger partial charge in [-0.05, 0) is 67.7 Å². The molecular weight excluding hydrogens is 326 g/mol. The minimum absolute atomic E-state index is 0.289. The first-order valence-corrected chi connectivity index (χ1v) is 8.68. The number of benzene rings is 1. The smallest absolute Gasteiger partial charge is 0.173 e. The van der Waals surface area contributed by atoms with Crippen LogP contribution in [0.5, 0.6) is 0 Å². The van der Waals surface area contributed by atoms with Crippen LogP contribution in [0.2, 0.25) is 5.02 Å². The summed E-state index contributed by atoms with van der Waals surface area (Å²) < 4.78 is 0. The topological polar surface area (TPSA) is 28.2 Å². The third-order valence-corrected chi connectivity index (χ3v) is 5.09. The van der Waals surface area contributed by atoms with Crippen LogP contribution in [0.4, 0.5) is 5.69 Å². The number of thiocarbonyl (C=S) groups is 1. The zero-order chi connectivity index (χ0) is 16.2. The summed E-state index contributed by atoms with van der Waals surface area (Å²) in [5.74, 6) is 0. The van der Waals surface area contributed by atoms with Crippen LogP contribution in [0.15, 0.2) is 42.7 Å². The van der Waals surface area contributed by atoms with Gasteiger partial charge in [-0.15, -0.1) is 0 Å². The van der Waals surface area contributed by atoms with Gasteiger partial charge in [0.2, 0.25) is 0 Å². The summed E-state index contributed by atoms with van der Waals surface area (Å²) in [5.41, 5.74) is 3.21. The molecule has 1 aliphatic rings. The molecule has 0 spiro atoms. The molecule has 0 radical (unpaired) electrons. The van der Waals surface area contributed by atoms with E-state index in [-0.39, 0.29) is 6.04 Å². The Morgan fingerprint density at radius 1 is 1.30 bits per heavy atom. The Kier molecular flexibility index (Phi) is 5.13. The zero-order valence-corrected chi connectivity index (χ0v) is 14.7. The molecule has 0 unspecified atom stereocenters. The fourth-order valence-corrected chi connectivity index (χ4v) is 3.53. The number of anilines is 1. The average molecular weight is 346 g/mol. The number of nitrogens with zero attached hydrogens (tertiary/aromatic N) is 2. The number of halogens is 1. The number of hydrogen-bond donors (Lipinski definition) is 1. The molecule has 0 saturated carbocycles. The lowest BCUT2D eigenvalue weighted by molar-refractivity contribution is 0.248. The molecule has 1 aromatic carbocycles. The number of likely N-dealkylation sites (tertiary alicyclic amines) is 1. The summed E-state index contributed by atoms with van der Waals surface area (Å²) in [4.78, 5) is 6.53. The molecule has 120 valence electrons. The molecule has 1 aromatic heterocycles. The third-order valence-electron chi connectivity index (χ3n) is 4.34. The molecule has 2 aromatic rings. The molecule has 1 atom stereocenters. The highest BCUT2D eigenvalue weighted by atomic mass is 35.5. The fraction of sp³-hybridized carbons (Fsp3) is 0.333. The number of nitrogens with one attached hydrogen (secondary N) is 1. The molecule has 1 aliphatic heterocycles. The second-order valence-electron chi connectivity index (χ2n) is 5.83. The van der Waals surface area contributed by atoms with E-state index in [1.54, 1.807) is 0 Å². The number of piperidine rings is 1. The Morgan fingerprint density at radius 2 is 2.17 bits per heavy atom. The number of hydrogen-bond acceptors (Lipinski definition) is 2. The van der Waals surface area contributed by atoms with Gasteiger partial charge in [0.15, 0.2) is 5.11 Å². The summed E-state index contributed by atoms with van der Waals surface area (Å²) in [5, 5.41) is 4.88. The lowest BCUT2D eigenvalue weighted by Crippen LogP contribution is -2.41. The summed E-state index contributed by atoms with van der Waals surface area (Å²) in [6.45, 7) is 2.97. The minimum Gasteiger partial charge on any atom is -0.342 e. The van der Waals surface area contributed by atoms with Gasteiger partial charge in [0.05, 0.1) is 6.04 Å². The second kappa shape index (κ2) is 7.28. The van der Waals surface area contributed by atoms with Crippen LogP contribution in [0, 0.1) is 6.92 Å². The molecule has 0 amide bonds. The van der Waals surface area contributed by atoms with E-state index in [0.717, 1.165) is 40.8 Å². The first-order valence-electron chi connectivity index (χ1n) is 7.89. The van der Waals surface area contributed by atoms with E-state index in [2.05, 4.69) is 21.3 Å². The van der Waals surface area contributed by atoms with E-state index < -0.39 is 0 Å². The highest BCUT2D eigenvalue weighted by molar-refractivity contribution is 7.80. The van der Waals surface area contributed by atoms with Gasteiger partial charge in [-0.3, -0.25) is 4.98 Å². The normalized spacial score (nSPS) is 17.8. The number of aromatic nitrogens is 1. The summed E-state index contributed by atoms with van der Waals surface area (Å²) in [7, 11) is 0. The molecule has 3 nitrogen and oxygen atoms in total. The van der Waals surface area contributed by atoms with Gasteiger partial charge in [0.25, 0.3) is 0 Å². The van der Waals surface area contributed by atoms with Crippen molar-refractivity contribution in [1.82, 2.24) is 9.88 Å². The predicted molar refractivity (Wildman–Crippen MR) is 99.9 cm³/mol. The lowest BCUT2D eigenvalue weighted by Gasteiger charge is -2.38. The van der Waals surface area contributed by atoms with Gasteiger partial charge in [0, 0.05) is 29.6 Å². The largest absolute Gasteiger partial charge is 0.342 e. The highest BCUT2D eigenvalue weighted by Gasteiger charge is 2.26. The fourth-order valence-electron chi connectivity index (χ4n) is 3.02. The van der Waals surface area contributed by atoms with Gasteiger partial charge in [-0.25, -0.2) is 0 Å². The first-order chi connectivity index (χ1) is 11.2. The maximum Gasteiger partial charge on any atom is 0.173 e. The Bertz CT molecular complexity index is 690. The van der Waals surface area contributed by atoms with Crippen molar-refractivity contribution in [3.8, 4) is 0 Å². The maximum atomic E-state index is 6.20. The minimum atomic E-state index is 0.289. The van der Waals surface area contributed by atoms with Gasteiger partial charge in [-0.1, -0.05) is 23.7 Å². The van der Waals surface area contributed by atoms with Crippen LogP contribution in [0.25, 0.3) is 0 Å². The highest BCUT2D eigenvalue weighted by Crippen LogP contribution is 2.31. The van der Waals surface area contributed by atoms with Crippen molar-refractivity contribution in [2.45, 2.75) is 32.2 Å². The van der Waals surface area contributed by atoms with E-state index in [1.165, 1.54) is 12.0 Å². The first kappa shape index (κ1) is 16.2. The van der Waals surface area contributed by atoms with Crippen LogP contribution in [0.1, 0.15) is 36.4 Å². The van der Waals surface area contributed by atoms with Crippen molar-refractivity contribution in [1.29, 1.82) is 0 Å². The van der Waals surface area contributed by atoms with Crippen molar-refractivity contribution in [3.63, 3.8) is 0 Å². The van der Waals surface area contributed by atoms with Crippen LogP contribution >= 0.6 is 23.8 Å². The van der Waals surface area contributed by atoms with Crippen LogP contribution in [-0.4, -0.2) is 21.5 Å². The molecule has 1 N–H and O–H groups in total. The van der Waals surface area contributed by atoms with Crippen molar-refractivity contribution >= 4 is 34.6 Å².